The van der Waals surface area contributed by atoms with Crippen molar-refractivity contribution in [2.45, 2.75) is 26.2 Å². The van der Waals surface area contributed by atoms with Gasteiger partial charge in [-0.3, -0.25) is 14.6 Å². The molecule has 25 heavy (non-hydrogen) atoms. The SMILES string of the molecule is CCc1cnccc1C(=O)N1CCC[C@@H](C(=O)Nc2ccccn2)C1. The Kier molecular flexibility index (Phi) is 5.38. The van der Waals surface area contributed by atoms with E-state index >= 15 is 0 Å². The van der Waals surface area contributed by atoms with Crippen LogP contribution in [0.2, 0.25) is 0 Å². The number of aromatic nitrogens is 2. The molecule has 0 radical (unpaired) electrons. The molecule has 0 aliphatic carbocycles. The van der Waals surface area contributed by atoms with Gasteiger partial charge in [-0.25, -0.2) is 4.98 Å². The summed E-state index contributed by atoms with van der Waals surface area (Å²) in [6.07, 6.45) is 7.37. The Morgan fingerprint density at radius 3 is 2.92 bits per heavy atom. The highest BCUT2D eigenvalue weighted by molar-refractivity contribution is 5.97. The number of pyridine rings is 2. The molecule has 1 saturated heterocycles. The van der Waals surface area contributed by atoms with E-state index in [0.29, 0.717) is 24.5 Å². The van der Waals surface area contributed by atoms with Crippen LogP contribution < -0.4 is 5.32 Å². The maximum Gasteiger partial charge on any atom is 0.254 e. The number of hydrogen-bond donors (Lipinski definition) is 1. The number of piperidine rings is 1. The molecule has 1 fully saturated rings. The maximum absolute atomic E-state index is 12.9. The van der Waals surface area contributed by atoms with Gasteiger partial charge in [0.25, 0.3) is 5.91 Å². The number of aryl methyl sites for hydroxylation is 1. The Hall–Kier alpha value is -2.76. The monoisotopic (exact) mass is 338 g/mol. The van der Waals surface area contributed by atoms with Crippen molar-refractivity contribution in [1.82, 2.24) is 14.9 Å². The summed E-state index contributed by atoms with van der Waals surface area (Å²) >= 11 is 0. The molecule has 1 atom stereocenters. The molecule has 2 aromatic heterocycles. The Labute approximate surface area is 147 Å². The lowest BCUT2D eigenvalue weighted by Gasteiger charge is -2.32. The van der Waals surface area contributed by atoms with Gasteiger partial charge in [-0.2, -0.15) is 0 Å². The van der Waals surface area contributed by atoms with Gasteiger partial charge in [-0.15, -0.1) is 0 Å². The van der Waals surface area contributed by atoms with Crippen molar-refractivity contribution in [2.75, 3.05) is 18.4 Å². The number of amides is 2. The van der Waals surface area contributed by atoms with Crippen LogP contribution in [0.4, 0.5) is 5.82 Å². The highest BCUT2D eigenvalue weighted by Crippen LogP contribution is 2.21. The van der Waals surface area contributed by atoms with Crippen molar-refractivity contribution in [3.8, 4) is 0 Å². The molecule has 3 rings (SSSR count). The highest BCUT2D eigenvalue weighted by atomic mass is 16.2. The maximum atomic E-state index is 12.9. The van der Waals surface area contributed by atoms with Crippen molar-refractivity contribution in [3.05, 3.63) is 54.0 Å². The second-order valence-corrected chi connectivity index (χ2v) is 6.18. The van der Waals surface area contributed by atoms with Crippen molar-refractivity contribution in [3.63, 3.8) is 0 Å². The average Bonchev–Trinajstić information content (AvgIpc) is 2.68. The molecule has 130 valence electrons. The van der Waals surface area contributed by atoms with Gasteiger partial charge < -0.3 is 10.2 Å². The molecule has 1 N–H and O–H groups in total. The summed E-state index contributed by atoms with van der Waals surface area (Å²) in [5.41, 5.74) is 1.62. The molecule has 6 heteroatoms. The normalized spacial score (nSPS) is 17.2. The number of carbonyl (C=O) groups excluding carboxylic acids is 2. The van der Waals surface area contributed by atoms with Crippen LogP contribution in [-0.4, -0.2) is 39.8 Å². The van der Waals surface area contributed by atoms with E-state index in [1.165, 1.54) is 0 Å². The molecule has 0 bridgehead atoms. The second kappa shape index (κ2) is 7.88. The van der Waals surface area contributed by atoms with Gasteiger partial charge in [0.05, 0.1) is 5.92 Å². The number of anilines is 1. The van der Waals surface area contributed by atoms with Gasteiger partial charge in [-0.05, 0) is 43.0 Å². The first-order valence-electron chi connectivity index (χ1n) is 8.63. The summed E-state index contributed by atoms with van der Waals surface area (Å²) in [6, 6.07) is 7.15. The van der Waals surface area contributed by atoms with E-state index in [1.54, 1.807) is 41.7 Å². The third kappa shape index (κ3) is 4.02. The van der Waals surface area contributed by atoms with E-state index < -0.39 is 0 Å². The van der Waals surface area contributed by atoms with E-state index in [0.717, 1.165) is 24.8 Å². The van der Waals surface area contributed by atoms with Crippen LogP contribution in [0.1, 0.15) is 35.7 Å². The van der Waals surface area contributed by atoms with Gasteiger partial charge in [-0.1, -0.05) is 13.0 Å². The Bertz CT molecular complexity index is 748. The molecule has 1 aliphatic heterocycles. The minimum absolute atomic E-state index is 0.0189. The predicted octanol–water partition coefficient (Wildman–Crippen LogP) is 2.53. The first-order valence-corrected chi connectivity index (χ1v) is 8.63. The summed E-state index contributed by atoms with van der Waals surface area (Å²) in [4.78, 5) is 35.3. The summed E-state index contributed by atoms with van der Waals surface area (Å²) in [5, 5.41) is 2.84. The number of nitrogens with one attached hydrogen (secondary N) is 1. The number of hydrogen-bond acceptors (Lipinski definition) is 4. The van der Waals surface area contributed by atoms with Crippen LogP contribution in [0, 0.1) is 5.92 Å². The van der Waals surface area contributed by atoms with E-state index in [2.05, 4.69) is 15.3 Å². The third-order valence-electron chi connectivity index (χ3n) is 4.51. The van der Waals surface area contributed by atoms with Crippen molar-refractivity contribution >= 4 is 17.6 Å². The molecule has 2 aromatic rings. The van der Waals surface area contributed by atoms with Crippen LogP contribution in [0.15, 0.2) is 42.9 Å². The van der Waals surface area contributed by atoms with Gasteiger partial charge >= 0.3 is 0 Å². The Morgan fingerprint density at radius 1 is 1.28 bits per heavy atom. The van der Waals surface area contributed by atoms with E-state index in [1.807, 2.05) is 13.0 Å². The highest BCUT2D eigenvalue weighted by Gasteiger charge is 2.29. The summed E-state index contributed by atoms with van der Waals surface area (Å²) in [5.74, 6) is 0.223. The number of carbonyl (C=O) groups is 2. The summed E-state index contributed by atoms with van der Waals surface area (Å²) < 4.78 is 0. The van der Waals surface area contributed by atoms with Gasteiger partial charge in [0.15, 0.2) is 0 Å². The van der Waals surface area contributed by atoms with Crippen LogP contribution in [0.25, 0.3) is 0 Å². The minimum Gasteiger partial charge on any atom is -0.338 e. The lowest BCUT2D eigenvalue weighted by atomic mass is 9.96. The van der Waals surface area contributed by atoms with Crippen LogP contribution >= 0.6 is 0 Å². The van der Waals surface area contributed by atoms with Crippen LogP contribution in [0.5, 0.6) is 0 Å². The number of rotatable bonds is 4. The number of nitrogens with zero attached hydrogens (tertiary/aromatic N) is 3. The van der Waals surface area contributed by atoms with Crippen molar-refractivity contribution in [2.24, 2.45) is 5.92 Å². The van der Waals surface area contributed by atoms with E-state index in [9.17, 15) is 9.59 Å². The lowest BCUT2D eigenvalue weighted by molar-refractivity contribution is -0.121. The Morgan fingerprint density at radius 2 is 2.16 bits per heavy atom. The van der Waals surface area contributed by atoms with Crippen LogP contribution in [-0.2, 0) is 11.2 Å². The first kappa shape index (κ1) is 17.1. The summed E-state index contributed by atoms with van der Waals surface area (Å²) in [6.45, 7) is 3.12. The van der Waals surface area contributed by atoms with Crippen LogP contribution in [0.3, 0.4) is 0 Å². The molecule has 0 saturated carbocycles. The third-order valence-corrected chi connectivity index (χ3v) is 4.51. The largest absolute Gasteiger partial charge is 0.338 e. The molecule has 0 spiro atoms. The topological polar surface area (TPSA) is 75.2 Å². The zero-order chi connectivity index (χ0) is 17.6. The van der Waals surface area contributed by atoms with Gasteiger partial charge in [0, 0.05) is 37.2 Å². The fraction of sp³-hybridized carbons (Fsp3) is 0.368. The number of likely N-dealkylation sites (tertiary alicyclic amines) is 1. The smallest absolute Gasteiger partial charge is 0.254 e. The van der Waals surface area contributed by atoms with Gasteiger partial charge in [0.1, 0.15) is 5.82 Å². The van der Waals surface area contributed by atoms with Gasteiger partial charge in [0.2, 0.25) is 5.91 Å². The zero-order valence-corrected chi connectivity index (χ0v) is 14.3. The molecule has 0 unspecified atom stereocenters. The van der Waals surface area contributed by atoms with Crippen molar-refractivity contribution in [1.29, 1.82) is 0 Å². The Balaban J connectivity index is 1.68. The first-order chi connectivity index (χ1) is 12.2. The molecule has 2 amide bonds. The van der Waals surface area contributed by atoms with Crippen molar-refractivity contribution < 1.29 is 9.59 Å². The molecule has 3 heterocycles. The molecule has 0 aromatic carbocycles. The lowest BCUT2D eigenvalue weighted by Crippen LogP contribution is -2.44. The standard InChI is InChI=1S/C19H22N4O2/c1-2-14-12-20-10-8-16(14)19(25)23-11-5-6-15(13-23)18(24)22-17-7-3-4-9-21-17/h3-4,7-10,12,15H,2,5-6,11,13H2,1H3,(H,21,22,24)/t15-/m1/s1. The summed E-state index contributed by atoms with van der Waals surface area (Å²) in [7, 11) is 0. The molecule has 6 nitrogen and oxygen atoms in total. The molecule has 1 aliphatic rings. The predicted molar refractivity (Wildman–Crippen MR) is 95.1 cm³/mol. The zero-order valence-electron chi connectivity index (χ0n) is 14.3. The minimum atomic E-state index is -0.216. The second-order valence-electron chi connectivity index (χ2n) is 6.18. The van der Waals surface area contributed by atoms with E-state index in [4.69, 9.17) is 0 Å². The molecular weight excluding hydrogens is 316 g/mol. The quantitative estimate of drug-likeness (QED) is 0.929. The fourth-order valence-electron chi connectivity index (χ4n) is 3.13. The fourth-order valence-corrected chi connectivity index (χ4v) is 3.13. The van der Waals surface area contributed by atoms with E-state index in [-0.39, 0.29) is 17.7 Å². The molecular formula is C19H22N4O2. The average molecular weight is 338 g/mol.